The number of H-pyrrole nitrogens is 1. The van der Waals surface area contributed by atoms with Crippen molar-refractivity contribution >= 4 is 23.1 Å². The second-order valence-electron chi connectivity index (χ2n) is 5.14. The molecule has 1 fully saturated rings. The van der Waals surface area contributed by atoms with E-state index in [0.29, 0.717) is 12.5 Å². The summed E-state index contributed by atoms with van der Waals surface area (Å²) in [6.45, 7) is 4.28. The molecule has 0 bridgehead atoms. The number of amides is 1. The third-order valence-electron chi connectivity index (χ3n) is 3.80. The fourth-order valence-electron chi connectivity index (χ4n) is 2.72. The van der Waals surface area contributed by atoms with Gasteiger partial charge >= 0.3 is 0 Å². The van der Waals surface area contributed by atoms with Crippen molar-refractivity contribution in [3.05, 3.63) is 24.0 Å². The van der Waals surface area contributed by atoms with E-state index >= 15 is 0 Å². The SMILES string of the molecule is CC1CCCN1Cc1nc2ccc(NC=O)cc2[nH]1. The van der Waals surface area contributed by atoms with E-state index in [1.165, 1.54) is 12.8 Å². The van der Waals surface area contributed by atoms with E-state index in [2.05, 4.69) is 27.1 Å². The first kappa shape index (κ1) is 12.2. The van der Waals surface area contributed by atoms with Gasteiger partial charge in [0.1, 0.15) is 5.82 Å². The molecule has 5 heteroatoms. The Morgan fingerprint density at radius 3 is 3.21 bits per heavy atom. The lowest BCUT2D eigenvalue weighted by Crippen LogP contribution is -2.26. The maximum Gasteiger partial charge on any atom is 0.211 e. The van der Waals surface area contributed by atoms with E-state index in [9.17, 15) is 4.79 Å². The molecule has 1 saturated heterocycles. The molecule has 1 aromatic carbocycles. The number of aromatic amines is 1. The normalized spacial score (nSPS) is 19.9. The van der Waals surface area contributed by atoms with Crippen LogP contribution < -0.4 is 5.32 Å². The van der Waals surface area contributed by atoms with Crippen LogP contribution in [0.1, 0.15) is 25.6 Å². The van der Waals surface area contributed by atoms with Crippen LogP contribution in [0.4, 0.5) is 5.69 Å². The number of hydrogen-bond donors (Lipinski definition) is 2. The number of aromatic nitrogens is 2. The average Bonchev–Trinajstić information content (AvgIpc) is 2.96. The minimum absolute atomic E-state index is 0.639. The average molecular weight is 258 g/mol. The molecule has 2 heterocycles. The molecule has 5 nitrogen and oxygen atoms in total. The molecule has 0 radical (unpaired) electrons. The largest absolute Gasteiger partial charge is 0.341 e. The third kappa shape index (κ3) is 2.46. The number of fused-ring (bicyclic) bond motifs is 1. The van der Waals surface area contributed by atoms with Gasteiger partial charge in [-0.3, -0.25) is 9.69 Å². The first-order valence-electron chi connectivity index (χ1n) is 6.69. The van der Waals surface area contributed by atoms with E-state index in [1.807, 2.05) is 18.2 Å². The van der Waals surface area contributed by atoms with Crippen molar-refractivity contribution in [3.63, 3.8) is 0 Å². The van der Waals surface area contributed by atoms with E-state index in [4.69, 9.17) is 0 Å². The molecule has 0 spiro atoms. The highest BCUT2D eigenvalue weighted by molar-refractivity contribution is 5.83. The number of nitrogens with zero attached hydrogens (tertiary/aromatic N) is 2. The van der Waals surface area contributed by atoms with Crippen molar-refractivity contribution in [2.45, 2.75) is 32.4 Å². The lowest BCUT2D eigenvalue weighted by Gasteiger charge is -2.19. The van der Waals surface area contributed by atoms with Crippen LogP contribution in [0.5, 0.6) is 0 Å². The van der Waals surface area contributed by atoms with Gasteiger partial charge in [-0.2, -0.15) is 0 Å². The molecule has 19 heavy (non-hydrogen) atoms. The smallest absolute Gasteiger partial charge is 0.211 e. The number of anilines is 1. The number of rotatable bonds is 4. The molecule has 1 aromatic heterocycles. The Labute approximate surface area is 112 Å². The summed E-state index contributed by atoms with van der Waals surface area (Å²) < 4.78 is 0. The molecular formula is C14H18N4O. The number of carbonyl (C=O) groups is 1. The van der Waals surface area contributed by atoms with Gasteiger partial charge in [-0.05, 0) is 44.5 Å². The Hall–Kier alpha value is -1.88. The van der Waals surface area contributed by atoms with Crippen LogP contribution in [0, 0.1) is 0 Å². The Bertz CT molecular complexity index is 592. The first-order valence-corrected chi connectivity index (χ1v) is 6.69. The summed E-state index contributed by atoms with van der Waals surface area (Å²) in [5.74, 6) is 0.993. The number of benzene rings is 1. The van der Waals surface area contributed by atoms with Crippen molar-refractivity contribution in [2.24, 2.45) is 0 Å². The first-order chi connectivity index (χ1) is 9.26. The molecule has 1 aliphatic rings. The van der Waals surface area contributed by atoms with Crippen LogP contribution in [-0.2, 0) is 11.3 Å². The number of likely N-dealkylation sites (tertiary alicyclic amines) is 1. The standard InChI is InChI=1S/C14H18N4O/c1-10-3-2-6-18(10)8-14-16-12-5-4-11(15-9-19)7-13(12)17-14/h4-5,7,9-10H,2-3,6,8H2,1H3,(H,15,19)(H,16,17). The van der Waals surface area contributed by atoms with Gasteiger partial charge in [-0.15, -0.1) is 0 Å². The van der Waals surface area contributed by atoms with Crippen LogP contribution in [-0.4, -0.2) is 33.9 Å². The zero-order valence-corrected chi connectivity index (χ0v) is 11.0. The van der Waals surface area contributed by atoms with Gasteiger partial charge in [-0.25, -0.2) is 4.98 Å². The molecular weight excluding hydrogens is 240 g/mol. The molecule has 3 rings (SSSR count). The summed E-state index contributed by atoms with van der Waals surface area (Å²) in [6, 6.07) is 6.34. The second-order valence-corrected chi connectivity index (χ2v) is 5.14. The molecule has 1 amide bonds. The highest BCUT2D eigenvalue weighted by atomic mass is 16.1. The van der Waals surface area contributed by atoms with Gasteiger partial charge in [0, 0.05) is 11.7 Å². The molecule has 0 aliphatic carbocycles. The summed E-state index contributed by atoms with van der Waals surface area (Å²) in [5.41, 5.74) is 2.69. The Kier molecular flexibility index (Phi) is 3.21. The zero-order valence-electron chi connectivity index (χ0n) is 11.0. The Balaban J connectivity index is 1.82. The van der Waals surface area contributed by atoms with E-state index in [0.717, 1.165) is 35.6 Å². The molecule has 2 N–H and O–H groups in total. The van der Waals surface area contributed by atoms with Gasteiger partial charge in [0.05, 0.1) is 17.6 Å². The molecule has 100 valence electrons. The molecule has 1 aliphatic heterocycles. The Morgan fingerprint density at radius 2 is 2.47 bits per heavy atom. The molecule has 1 unspecified atom stereocenters. The van der Waals surface area contributed by atoms with Crippen molar-refractivity contribution in [1.29, 1.82) is 0 Å². The number of nitrogens with one attached hydrogen (secondary N) is 2. The lowest BCUT2D eigenvalue weighted by molar-refractivity contribution is -0.105. The van der Waals surface area contributed by atoms with E-state index in [-0.39, 0.29) is 0 Å². The summed E-state index contributed by atoms with van der Waals surface area (Å²) in [5, 5.41) is 2.65. The minimum Gasteiger partial charge on any atom is -0.341 e. The van der Waals surface area contributed by atoms with Crippen LogP contribution in [0.15, 0.2) is 18.2 Å². The van der Waals surface area contributed by atoms with Crippen molar-refractivity contribution in [3.8, 4) is 0 Å². The molecule has 1 atom stereocenters. The van der Waals surface area contributed by atoms with E-state index in [1.54, 1.807) is 0 Å². The predicted octanol–water partition coefficient (Wildman–Crippen LogP) is 2.12. The van der Waals surface area contributed by atoms with Crippen LogP contribution in [0.2, 0.25) is 0 Å². The van der Waals surface area contributed by atoms with Crippen molar-refractivity contribution in [2.75, 3.05) is 11.9 Å². The van der Waals surface area contributed by atoms with E-state index < -0.39 is 0 Å². The third-order valence-corrected chi connectivity index (χ3v) is 3.80. The number of hydrogen-bond acceptors (Lipinski definition) is 3. The van der Waals surface area contributed by atoms with Crippen molar-refractivity contribution in [1.82, 2.24) is 14.9 Å². The minimum atomic E-state index is 0.639. The van der Waals surface area contributed by atoms with Gasteiger partial charge in [0.2, 0.25) is 6.41 Å². The van der Waals surface area contributed by atoms with Crippen LogP contribution in [0.3, 0.4) is 0 Å². The summed E-state index contributed by atoms with van der Waals surface area (Å²) in [4.78, 5) is 20.8. The summed E-state index contributed by atoms with van der Waals surface area (Å²) in [6.07, 6.45) is 3.23. The fraction of sp³-hybridized carbons (Fsp3) is 0.429. The predicted molar refractivity (Wildman–Crippen MR) is 74.9 cm³/mol. The second kappa shape index (κ2) is 5.01. The Morgan fingerprint density at radius 1 is 1.58 bits per heavy atom. The van der Waals surface area contributed by atoms with Crippen LogP contribution in [0.25, 0.3) is 11.0 Å². The lowest BCUT2D eigenvalue weighted by atomic mass is 10.2. The topological polar surface area (TPSA) is 61.0 Å². The maximum absolute atomic E-state index is 10.4. The summed E-state index contributed by atoms with van der Waals surface area (Å²) in [7, 11) is 0. The van der Waals surface area contributed by atoms with Gasteiger partial charge in [-0.1, -0.05) is 0 Å². The van der Waals surface area contributed by atoms with Gasteiger partial charge in [0.15, 0.2) is 0 Å². The zero-order chi connectivity index (χ0) is 13.2. The quantitative estimate of drug-likeness (QED) is 0.826. The van der Waals surface area contributed by atoms with Gasteiger partial charge < -0.3 is 10.3 Å². The highest BCUT2D eigenvalue weighted by Crippen LogP contribution is 2.21. The monoisotopic (exact) mass is 258 g/mol. The fourth-order valence-corrected chi connectivity index (χ4v) is 2.72. The van der Waals surface area contributed by atoms with Crippen LogP contribution >= 0.6 is 0 Å². The molecule has 0 saturated carbocycles. The van der Waals surface area contributed by atoms with Gasteiger partial charge in [0.25, 0.3) is 0 Å². The number of carbonyl (C=O) groups excluding carboxylic acids is 1. The maximum atomic E-state index is 10.4. The summed E-state index contributed by atoms with van der Waals surface area (Å²) >= 11 is 0. The van der Waals surface area contributed by atoms with Crippen molar-refractivity contribution < 1.29 is 4.79 Å². The number of imidazole rings is 1. The molecule has 2 aromatic rings. The highest BCUT2D eigenvalue weighted by Gasteiger charge is 2.21.